The van der Waals surface area contributed by atoms with E-state index in [1.54, 1.807) is 41.2 Å². The standard InChI is InChI=1S/C13H12N4O2/c1-19-10-6-8(2-3-9(10)18)12-13(14)17-5-4-15-7-11(17)16-12/h2-7,18H,14H2,1H3. The zero-order valence-corrected chi connectivity index (χ0v) is 10.2. The number of nitrogens with two attached hydrogens (primary N) is 1. The number of aromatic nitrogens is 3. The number of phenols is 1. The molecule has 0 aliphatic carbocycles. The molecule has 0 fully saturated rings. The zero-order chi connectivity index (χ0) is 13.4. The quantitative estimate of drug-likeness (QED) is 0.728. The van der Waals surface area contributed by atoms with E-state index < -0.39 is 0 Å². The average Bonchev–Trinajstić information content (AvgIpc) is 2.77. The molecule has 3 N–H and O–H groups in total. The molecule has 3 rings (SSSR count). The first-order chi connectivity index (χ1) is 9.20. The first-order valence-corrected chi connectivity index (χ1v) is 5.65. The van der Waals surface area contributed by atoms with Crippen LogP contribution in [-0.2, 0) is 0 Å². The third-order valence-electron chi connectivity index (χ3n) is 2.92. The van der Waals surface area contributed by atoms with Gasteiger partial charge in [0, 0.05) is 18.0 Å². The van der Waals surface area contributed by atoms with Gasteiger partial charge in [0.05, 0.1) is 13.3 Å². The summed E-state index contributed by atoms with van der Waals surface area (Å²) in [5, 5.41) is 9.60. The van der Waals surface area contributed by atoms with Gasteiger partial charge >= 0.3 is 0 Å². The molecule has 0 amide bonds. The second-order valence-electron chi connectivity index (χ2n) is 4.04. The number of benzene rings is 1. The molecule has 0 saturated heterocycles. The Morgan fingerprint density at radius 1 is 1.37 bits per heavy atom. The van der Waals surface area contributed by atoms with Gasteiger partial charge in [-0.2, -0.15) is 0 Å². The SMILES string of the molecule is COc1cc(-c2nc3cnccn3c2N)ccc1O. The monoisotopic (exact) mass is 256 g/mol. The summed E-state index contributed by atoms with van der Waals surface area (Å²) >= 11 is 0. The fourth-order valence-electron chi connectivity index (χ4n) is 1.96. The molecule has 3 aromatic rings. The van der Waals surface area contributed by atoms with Gasteiger partial charge in [0.2, 0.25) is 0 Å². The minimum Gasteiger partial charge on any atom is -0.504 e. The molecule has 0 bridgehead atoms. The van der Waals surface area contributed by atoms with Crippen molar-refractivity contribution in [1.82, 2.24) is 14.4 Å². The van der Waals surface area contributed by atoms with Crippen molar-refractivity contribution in [2.45, 2.75) is 0 Å². The van der Waals surface area contributed by atoms with E-state index in [1.807, 2.05) is 0 Å². The van der Waals surface area contributed by atoms with Gasteiger partial charge in [-0.3, -0.25) is 9.38 Å². The van der Waals surface area contributed by atoms with E-state index in [-0.39, 0.29) is 5.75 Å². The van der Waals surface area contributed by atoms with Gasteiger partial charge in [-0.1, -0.05) is 0 Å². The second kappa shape index (κ2) is 4.16. The lowest BCUT2D eigenvalue weighted by Gasteiger charge is -2.05. The van der Waals surface area contributed by atoms with Gasteiger partial charge in [-0.25, -0.2) is 4.98 Å². The van der Waals surface area contributed by atoms with Crippen LogP contribution in [-0.4, -0.2) is 26.6 Å². The number of hydrogen-bond donors (Lipinski definition) is 2. The van der Waals surface area contributed by atoms with E-state index in [4.69, 9.17) is 10.5 Å². The van der Waals surface area contributed by atoms with Gasteiger partial charge < -0.3 is 15.6 Å². The van der Waals surface area contributed by atoms with Crippen molar-refractivity contribution in [1.29, 1.82) is 0 Å². The average molecular weight is 256 g/mol. The third kappa shape index (κ3) is 1.74. The molecule has 2 aromatic heterocycles. The van der Waals surface area contributed by atoms with E-state index in [1.165, 1.54) is 7.11 Å². The topological polar surface area (TPSA) is 85.7 Å². The van der Waals surface area contributed by atoms with E-state index in [0.29, 0.717) is 22.9 Å². The minimum absolute atomic E-state index is 0.0789. The van der Waals surface area contributed by atoms with Crippen molar-refractivity contribution < 1.29 is 9.84 Å². The van der Waals surface area contributed by atoms with Crippen LogP contribution in [0.2, 0.25) is 0 Å². The summed E-state index contributed by atoms with van der Waals surface area (Å²) < 4.78 is 6.83. The summed E-state index contributed by atoms with van der Waals surface area (Å²) in [5.74, 6) is 0.979. The molecule has 96 valence electrons. The van der Waals surface area contributed by atoms with Crippen LogP contribution in [0.1, 0.15) is 0 Å². The molecule has 6 heteroatoms. The highest BCUT2D eigenvalue weighted by Crippen LogP contribution is 2.33. The van der Waals surface area contributed by atoms with Crippen LogP contribution >= 0.6 is 0 Å². The molecule has 6 nitrogen and oxygen atoms in total. The zero-order valence-electron chi connectivity index (χ0n) is 10.2. The second-order valence-corrected chi connectivity index (χ2v) is 4.04. The number of nitrogen functional groups attached to an aromatic ring is 1. The van der Waals surface area contributed by atoms with E-state index in [0.717, 1.165) is 5.56 Å². The largest absolute Gasteiger partial charge is 0.504 e. The lowest BCUT2D eigenvalue weighted by molar-refractivity contribution is 0.373. The fraction of sp³-hybridized carbons (Fsp3) is 0.0769. The molecule has 0 saturated carbocycles. The smallest absolute Gasteiger partial charge is 0.161 e. The Bertz CT molecular complexity index is 751. The van der Waals surface area contributed by atoms with Crippen LogP contribution < -0.4 is 10.5 Å². The number of hydrogen-bond acceptors (Lipinski definition) is 5. The fourth-order valence-corrected chi connectivity index (χ4v) is 1.96. The normalized spacial score (nSPS) is 10.8. The summed E-state index contributed by atoms with van der Waals surface area (Å²) in [4.78, 5) is 8.43. The summed E-state index contributed by atoms with van der Waals surface area (Å²) in [6.45, 7) is 0. The van der Waals surface area contributed by atoms with Gasteiger partial charge in [0.1, 0.15) is 11.5 Å². The van der Waals surface area contributed by atoms with Crippen molar-refractivity contribution in [3.63, 3.8) is 0 Å². The molecule has 19 heavy (non-hydrogen) atoms. The van der Waals surface area contributed by atoms with Crippen molar-refractivity contribution in [3.8, 4) is 22.8 Å². The molecule has 0 aliphatic heterocycles. The number of ether oxygens (including phenoxy) is 1. The predicted molar refractivity (Wildman–Crippen MR) is 71.1 cm³/mol. The number of aromatic hydroxyl groups is 1. The molecular formula is C13H12N4O2. The maximum atomic E-state index is 9.60. The Kier molecular flexibility index (Phi) is 2.49. The first kappa shape index (κ1) is 11.3. The summed E-state index contributed by atoms with van der Waals surface area (Å²) in [7, 11) is 1.50. The van der Waals surface area contributed by atoms with Crippen LogP contribution in [0.25, 0.3) is 16.9 Å². The van der Waals surface area contributed by atoms with E-state index >= 15 is 0 Å². The molecular weight excluding hydrogens is 244 g/mol. The number of anilines is 1. The number of nitrogens with zero attached hydrogens (tertiary/aromatic N) is 3. The van der Waals surface area contributed by atoms with Crippen LogP contribution in [0, 0.1) is 0 Å². The lowest BCUT2D eigenvalue weighted by atomic mass is 10.1. The van der Waals surface area contributed by atoms with E-state index in [9.17, 15) is 5.11 Å². The number of rotatable bonds is 2. The van der Waals surface area contributed by atoms with Crippen molar-refractivity contribution in [2.24, 2.45) is 0 Å². The number of methoxy groups -OCH3 is 1. The van der Waals surface area contributed by atoms with E-state index in [2.05, 4.69) is 9.97 Å². The number of imidazole rings is 1. The highest BCUT2D eigenvalue weighted by molar-refractivity contribution is 5.76. The Morgan fingerprint density at radius 2 is 2.21 bits per heavy atom. The van der Waals surface area contributed by atoms with Gasteiger partial charge in [-0.05, 0) is 18.2 Å². The van der Waals surface area contributed by atoms with Gasteiger partial charge in [0.15, 0.2) is 17.1 Å². The molecule has 0 spiro atoms. The van der Waals surface area contributed by atoms with Crippen molar-refractivity contribution in [2.75, 3.05) is 12.8 Å². The van der Waals surface area contributed by atoms with Crippen molar-refractivity contribution in [3.05, 3.63) is 36.8 Å². The molecule has 0 atom stereocenters. The van der Waals surface area contributed by atoms with Crippen LogP contribution in [0.5, 0.6) is 11.5 Å². The summed E-state index contributed by atoms with van der Waals surface area (Å²) in [5.41, 5.74) is 8.14. The van der Waals surface area contributed by atoms with Crippen LogP contribution in [0.15, 0.2) is 36.8 Å². The summed E-state index contributed by atoms with van der Waals surface area (Å²) in [6, 6.07) is 4.99. The maximum absolute atomic E-state index is 9.60. The Balaban J connectivity index is 2.21. The Hall–Kier alpha value is -2.76. The van der Waals surface area contributed by atoms with Gasteiger partial charge in [0.25, 0.3) is 0 Å². The minimum atomic E-state index is 0.0789. The molecule has 2 heterocycles. The van der Waals surface area contributed by atoms with Crippen LogP contribution in [0.3, 0.4) is 0 Å². The van der Waals surface area contributed by atoms with Crippen molar-refractivity contribution >= 4 is 11.5 Å². The highest BCUT2D eigenvalue weighted by atomic mass is 16.5. The van der Waals surface area contributed by atoms with Gasteiger partial charge in [-0.15, -0.1) is 0 Å². The summed E-state index contributed by atoms with van der Waals surface area (Å²) in [6.07, 6.45) is 5.03. The maximum Gasteiger partial charge on any atom is 0.161 e. The Labute approximate surface area is 109 Å². The molecule has 0 aliphatic rings. The number of phenolic OH excluding ortho intramolecular Hbond substituents is 1. The predicted octanol–water partition coefficient (Wildman–Crippen LogP) is 1.69. The first-order valence-electron chi connectivity index (χ1n) is 5.65. The lowest BCUT2D eigenvalue weighted by Crippen LogP contribution is -1.94. The highest BCUT2D eigenvalue weighted by Gasteiger charge is 2.13. The number of fused-ring (bicyclic) bond motifs is 1. The third-order valence-corrected chi connectivity index (χ3v) is 2.92. The molecule has 1 aromatic carbocycles. The van der Waals surface area contributed by atoms with Crippen LogP contribution in [0.4, 0.5) is 5.82 Å². The molecule has 0 radical (unpaired) electrons. The Morgan fingerprint density at radius 3 is 2.95 bits per heavy atom. The molecule has 0 unspecified atom stereocenters.